The number of nitrogens with one attached hydrogen (secondary N) is 1. The fraction of sp³-hybridized carbons (Fsp3) is 0.188. The van der Waals surface area contributed by atoms with Gasteiger partial charge in [-0.3, -0.25) is 4.98 Å². The van der Waals surface area contributed by atoms with Crippen LogP contribution in [0.5, 0.6) is 0 Å². The predicted octanol–water partition coefficient (Wildman–Crippen LogP) is 2.03. The van der Waals surface area contributed by atoms with Crippen LogP contribution in [0.15, 0.2) is 54.7 Å². The summed E-state index contributed by atoms with van der Waals surface area (Å²) in [5, 5.41) is 12.3. The van der Waals surface area contributed by atoms with Crippen LogP contribution < -0.4 is 5.32 Å². The Hall–Kier alpha value is -2.53. The molecule has 0 aliphatic carbocycles. The molecule has 4 rings (SSSR count). The van der Waals surface area contributed by atoms with Crippen LogP contribution in [0.4, 0.5) is 0 Å². The Morgan fingerprint density at radius 2 is 1.86 bits per heavy atom. The first kappa shape index (κ1) is 12.2. The largest absolute Gasteiger partial charge is 0.307 e. The maximum atomic E-state index is 4.40. The highest BCUT2D eigenvalue weighted by atomic mass is 15.3. The van der Waals surface area contributed by atoms with Gasteiger partial charge < -0.3 is 9.88 Å². The van der Waals surface area contributed by atoms with Gasteiger partial charge in [-0.25, -0.2) is 0 Å². The average Bonchev–Trinajstić information content (AvgIpc) is 3.00. The van der Waals surface area contributed by atoms with Crippen molar-refractivity contribution in [3.05, 3.63) is 66.1 Å². The van der Waals surface area contributed by atoms with Crippen LogP contribution in [-0.2, 0) is 6.54 Å². The second-order valence-electron chi connectivity index (χ2n) is 5.05. The highest BCUT2D eigenvalue weighted by Gasteiger charge is 2.26. The Balaban J connectivity index is 1.79. The highest BCUT2D eigenvalue weighted by Crippen LogP contribution is 2.26. The van der Waals surface area contributed by atoms with Gasteiger partial charge in [0.15, 0.2) is 11.6 Å². The van der Waals surface area contributed by atoms with E-state index in [1.807, 2.05) is 36.4 Å². The predicted molar refractivity (Wildman–Crippen MR) is 79.5 cm³/mol. The normalized spacial score (nSPS) is 17.4. The van der Waals surface area contributed by atoms with Crippen LogP contribution in [0.2, 0.25) is 0 Å². The third-order valence-electron chi connectivity index (χ3n) is 3.75. The minimum Gasteiger partial charge on any atom is -0.307 e. The van der Waals surface area contributed by atoms with Crippen molar-refractivity contribution in [2.45, 2.75) is 12.6 Å². The zero-order chi connectivity index (χ0) is 14.1. The number of benzene rings is 1. The Labute approximate surface area is 122 Å². The summed E-state index contributed by atoms with van der Waals surface area (Å²) < 4.78 is 2.16. The van der Waals surface area contributed by atoms with Crippen LogP contribution in [-0.4, -0.2) is 26.3 Å². The number of hydrogen-bond acceptors (Lipinski definition) is 4. The van der Waals surface area contributed by atoms with Gasteiger partial charge in [0.25, 0.3) is 0 Å². The first-order valence-electron chi connectivity index (χ1n) is 7.06. The van der Waals surface area contributed by atoms with Gasteiger partial charge in [0.2, 0.25) is 0 Å². The van der Waals surface area contributed by atoms with E-state index in [2.05, 4.69) is 37.2 Å². The van der Waals surface area contributed by atoms with Crippen molar-refractivity contribution < 1.29 is 0 Å². The SMILES string of the molecule is c1ccc(C2NCCn3c(-c4ccccn4)nnc32)cc1. The number of fused-ring (bicyclic) bond motifs is 1. The van der Waals surface area contributed by atoms with Gasteiger partial charge in [0.05, 0.1) is 6.04 Å². The molecule has 1 aliphatic rings. The zero-order valence-electron chi connectivity index (χ0n) is 11.5. The Kier molecular flexibility index (Phi) is 2.97. The Morgan fingerprint density at radius 1 is 1.00 bits per heavy atom. The average molecular weight is 277 g/mol. The number of aromatic nitrogens is 4. The lowest BCUT2D eigenvalue weighted by molar-refractivity contribution is 0.458. The van der Waals surface area contributed by atoms with Gasteiger partial charge in [-0.2, -0.15) is 0 Å². The smallest absolute Gasteiger partial charge is 0.182 e. The topological polar surface area (TPSA) is 55.6 Å². The maximum absolute atomic E-state index is 4.40. The van der Waals surface area contributed by atoms with Gasteiger partial charge in [0.1, 0.15) is 5.69 Å². The molecule has 0 fully saturated rings. The van der Waals surface area contributed by atoms with Crippen molar-refractivity contribution in [2.24, 2.45) is 0 Å². The van der Waals surface area contributed by atoms with Gasteiger partial charge >= 0.3 is 0 Å². The first-order chi connectivity index (χ1) is 10.4. The zero-order valence-corrected chi connectivity index (χ0v) is 11.5. The standard InChI is InChI=1S/C16H15N5/c1-2-6-12(7-3-1)14-16-20-19-15(21(16)11-10-18-14)13-8-4-5-9-17-13/h1-9,14,18H,10-11H2. The molecule has 0 bridgehead atoms. The van der Waals surface area contributed by atoms with Gasteiger partial charge in [0, 0.05) is 19.3 Å². The quantitative estimate of drug-likeness (QED) is 0.778. The van der Waals surface area contributed by atoms with Crippen LogP contribution >= 0.6 is 0 Å². The lowest BCUT2D eigenvalue weighted by Crippen LogP contribution is -2.34. The van der Waals surface area contributed by atoms with E-state index in [0.29, 0.717) is 0 Å². The molecule has 0 radical (unpaired) electrons. The fourth-order valence-corrected chi connectivity index (χ4v) is 2.76. The summed E-state index contributed by atoms with van der Waals surface area (Å²) in [5.74, 6) is 1.79. The number of nitrogens with zero attached hydrogens (tertiary/aromatic N) is 4. The molecule has 0 saturated carbocycles. The summed E-state index contributed by atoms with van der Waals surface area (Å²) in [4.78, 5) is 4.38. The molecule has 3 aromatic rings. The van der Waals surface area contributed by atoms with Crippen LogP contribution in [0.1, 0.15) is 17.4 Å². The van der Waals surface area contributed by atoms with E-state index in [0.717, 1.165) is 30.4 Å². The van der Waals surface area contributed by atoms with Crippen LogP contribution in [0.3, 0.4) is 0 Å². The lowest BCUT2D eigenvalue weighted by atomic mass is 10.0. The van der Waals surface area contributed by atoms with E-state index in [1.165, 1.54) is 5.56 Å². The molecule has 1 atom stereocenters. The molecule has 0 saturated heterocycles. The molecule has 21 heavy (non-hydrogen) atoms. The van der Waals surface area contributed by atoms with E-state index >= 15 is 0 Å². The molecule has 1 unspecified atom stereocenters. The third-order valence-corrected chi connectivity index (χ3v) is 3.75. The molecule has 104 valence electrons. The first-order valence-corrected chi connectivity index (χ1v) is 7.06. The highest BCUT2D eigenvalue weighted by molar-refractivity contribution is 5.49. The summed E-state index contributed by atoms with van der Waals surface area (Å²) >= 11 is 0. The molecule has 3 heterocycles. The van der Waals surface area contributed by atoms with Crippen molar-refractivity contribution in [1.82, 2.24) is 25.1 Å². The molecular weight excluding hydrogens is 262 g/mol. The van der Waals surface area contributed by atoms with E-state index in [4.69, 9.17) is 0 Å². The Bertz CT molecular complexity index is 736. The van der Waals surface area contributed by atoms with Gasteiger partial charge in [-0.15, -0.1) is 10.2 Å². The molecule has 1 aromatic carbocycles. The van der Waals surface area contributed by atoms with Gasteiger partial charge in [-0.05, 0) is 17.7 Å². The van der Waals surface area contributed by atoms with Crippen molar-refractivity contribution in [3.8, 4) is 11.5 Å². The molecular formula is C16H15N5. The molecule has 2 aromatic heterocycles. The van der Waals surface area contributed by atoms with Crippen molar-refractivity contribution in [3.63, 3.8) is 0 Å². The summed E-state index contributed by atoms with van der Waals surface area (Å²) in [5.41, 5.74) is 2.07. The van der Waals surface area contributed by atoms with Gasteiger partial charge in [-0.1, -0.05) is 36.4 Å². The molecule has 0 spiro atoms. The fourth-order valence-electron chi connectivity index (χ4n) is 2.76. The summed E-state index contributed by atoms with van der Waals surface area (Å²) in [6.45, 7) is 1.75. The van der Waals surface area contributed by atoms with Crippen molar-refractivity contribution in [1.29, 1.82) is 0 Å². The summed E-state index contributed by atoms with van der Waals surface area (Å²) in [6.07, 6.45) is 1.78. The van der Waals surface area contributed by atoms with Crippen LogP contribution in [0, 0.1) is 0 Å². The third kappa shape index (κ3) is 2.11. The maximum Gasteiger partial charge on any atom is 0.182 e. The molecule has 1 N–H and O–H groups in total. The van der Waals surface area contributed by atoms with Crippen LogP contribution in [0.25, 0.3) is 11.5 Å². The lowest BCUT2D eigenvalue weighted by Gasteiger charge is -2.25. The molecule has 0 amide bonds. The van der Waals surface area contributed by atoms with E-state index in [1.54, 1.807) is 6.20 Å². The van der Waals surface area contributed by atoms with Crippen molar-refractivity contribution in [2.75, 3.05) is 6.54 Å². The van der Waals surface area contributed by atoms with E-state index < -0.39 is 0 Å². The van der Waals surface area contributed by atoms with Crippen molar-refractivity contribution >= 4 is 0 Å². The number of rotatable bonds is 2. The minimum absolute atomic E-state index is 0.0879. The van der Waals surface area contributed by atoms with E-state index in [-0.39, 0.29) is 6.04 Å². The summed E-state index contributed by atoms with van der Waals surface area (Å²) in [6, 6.07) is 16.3. The molecule has 5 heteroatoms. The second-order valence-corrected chi connectivity index (χ2v) is 5.05. The molecule has 5 nitrogen and oxygen atoms in total. The number of hydrogen-bond donors (Lipinski definition) is 1. The Morgan fingerprint density at radius 3 is 2.67 bits per heavy atom. The number of pyridine rings is 1. The summed E-state index contributed by atoms with van der Waals surface area (Å²) in [7, 11) is 0. The monoisotopic (exact) mass is 277 g/mol. The second kappa shape index (κ2) is 5.10. The minimum atomic E-state index is 0.0879. The molecule has 1 aliphatic heterocycles. The van der Waals surface area contributed by atoms with E-state index in [9.17, 15) is 0 Å².